The summed E-state index contributed by atoms with van der Waals surface area (Å²) in [5.74, 6) is 0.482. The zero-order chi connectivity index (χ0) is 15.1. The van der Waals surface area contributed by atoms with Gasteiger partial charge in [0.25, 0.3) is 0 Å². The van der Waals surface area contributed by atoms with Crippen LogP contribution in [0.4, 0.5) is 4.39 Å². The van der Waals surface area contributed by atoms with Crippen LogP contribution in [0.25, 0.3) is 0 Å². The Morgan fingerprint density at radius 3 is 2.62 bits per heavy atom. The minimum Gasteiger partial charge on any atom is -0.454 e. The fourth-order valence-corrected chi connectivity index (χ4v) is 2.09. The van der Waals surface area contributed by atoms with Crippen molar-refractivity contribution >= 4 is 15.9 Å². The summed E-state index contributed by atoms with van der Waals surface area (Å²) >= 11 is 3.36. The summed E-state index contributed by atoms with van der Waals surface area (Å²) in [7, 11) is 1.64. The van der Waals surface area contributed by atoms with E-state index in [0.717, 1.165) is 10.0 Å². The molecule has 0 aliphatic rings. The van der Waals surface area contributed by atoms with E-state index in [2.05, 4.69) is 21.2 Å². The Kier molecular flexibility index (Phi) is 6.17. The van der Waals surface area contributed by atoms with Gasteiger partial charge in [0.2, 0.25) is 0 Å². The van der Waals surface area contributed by atoms with Crippen molar-refractivity contribution in [2.24, 2.45) is 0 Å². The molecule has 3 nitrogen and oxygen atoms in total. The second-order valence-electron chi connectivity index (χ2n) is 4.45. The highest BCUT2D eigenvalue weighted by Crippen LogP contribution is 2.29. The number of methoxy groups -OCH3 is 1. The van der Waals surface area contributed by atoms with Gasteiger partial charge in [-0.25, -0.2) is 4.39 Å². The van der Waals surface area contributed by atoms with Crippen molar-refractivity contribution < 1.29 is 13.9 Å². The summed E-state index contributed by atoms with van der Waals surface area (Å²) in [6.07, 6.45) is 0. The van der Waals surface area contributed by atoms with Crippen LogP contribution in [0.2, 0.25) is 0 Å². The molecule has 0 amide bonds. The molecule has 0 aromatic heterocycles. The van der Waals surface area contributed by atoms with Crippen LogP contribution in [-0.4, -0.2) is 20.3 Å². The van der Waals surface area contributed by atoms with Crippen LogP contribution in [0.5, 0.6) is 11.5 Å². The van der Waals surface area contributed by atoms with E-state index in [-0.39, 0.29) is 11.6 Å². The molecule has 21 heavy (non-hydrogen) atoms. The SMILES string of the molecule is COCCNCc1cccc(F)c1Oc1ccc(Br)cc1. The number of benzene rings is 2. The third-order valence-corrected chi connectivity index (χ3v) is 3.41. The Balaban J connectivity index is 2.11. The van der Waals surface area contributed by atoms with Crippen molar-refractivity contribution in [3.63, 3.8) is 0 Å². The van der Waals surface area contributed by atoms with Crippen LogP contribution in [-0.2, 0) is 11.3 Å². The summed E-state index contributed by atoms with van der Waals surface area (Å²) in [6.45, 7) is 1.83. The van der Waals surface area contributed by atoms with Crippen LogP contribution in [0.3, 0.4) is 0 Å². The van der Waals surface area contributed by atoms with Crippen LogP contribution >= 0.6 is 15.9 Å². The molecule has 0 bridgehead atoms. The minimum atomic E-state index is -0.371. The van der Waals surface area contributed by atoms with E-state index >= 15 is 0 Å². The number of nitrogens with one attached hydrogen (secondary N) is 1. The number of para-hydroxylation sites is 1. The van der Waals surface area contributed by atoms with Gasteiger partial charge in [-0.15, -0.1) is 0 Å². The maximum atomic E-state index is 14.0. The summed E-state index contributed by atoms with van der Waals surface area (Å²) < 4.78 is 25.6. The fourth-order valence-electron chi connectivity index (χ4n) is 1.82. The Morgan fingerprint density at radius 2 is 1.90 bits per heavy atom. The molecule has 0 fully saturated rings. The van der Waals surface area contributed by atoms with Crippen molar-refractivity contribution in [3.05, 3.63) is 58.3 Å². The lowest BCUT2D eigenvalue weighted by molar-refractivity contribution is 0.199. The van der Waals surface area contributed by atoms with Crippen LogP contribution in [0.1, 0.15) is 5.56 Å². The third-order valence-electron chi connectivity index (χ3n) is 2.88. The van der Waals surface area contributed by atoms with E-state index in [1.165, 1.54) is 6.07 Å². The van der Waals surface area contributed by atoms with Gasteiger partial charge in [0.05, 0.1) is 6.61 Å². The number of rotatable bonds is 7. The lowest BCUT2D eigenvalue weighted by Crippen LogP contribution is -2.19. The quantitative estimate of drug-likeness (QED) is 0.759. The first-order valence-corrected chi connectivity index (χ1v) is 7.40. The fraction of sp³-hybridized carbons (Fsp3) is 0.250. The van der Waals surface area contributed by atoms with E-state index in [1.54, 1.807) is 25.3 Å². The van der Waals surface area contributed by atoms with Crippen LogP contribution in [0.15, 0.2) is 46.9 Å². The predicted octanol–water partition coefficient (Wildman–Crippen LogP) is 4.12. The van der Waals surface area contributed by atoms with Gasteiger partial charge in [-0.1, -0.05) is 28.1 Å². The molecule has 0 unspecified atom stereocenters. The molecule has 0 aliphatic carbocycles. The Hall–Kier alpha value is -1.43. The average Bonchev–Trinajstić information content (AvgIpc) is 2.49. The Morgan fingerprint density at radius 1 is 1.14 bits per heavy atom. The summed E-state index contributed by atoms with van der Waals surface area (Å²) in [5, 5.41) is 3.19. The van der Waals surface area contributed by atoms with E-state index in [0.29, 0.717) is 25.4 Å². The predicted molar refractivity (Wildman–Crippen MR) is 84.2 cm³/mol. The molecule has 112 valence electrons. The van der Waals surface area contributed by atoms with Gasteiger partial charge in [-0.2, -0.15) is 0 Å². The zero-order valence-electron chi connectivity index (χ0n) is 11.7. The van der Waals surface area contributed by atoms with Crippen molar-refractivity contribution in [2.45, 2.75) is 6.54 Å². The molecule has 0 heterocycles. The molecule has 5 heteroatoms. The van der Waals surface area contributed by atoms with E-state index in [4.69, 9.17) is 9.47 Å². The second kappa shape index (κ2) is 8.12. The molecule has 2 aromatic carbocycles. The lowest BCUT2D eigenvalue weighted by atomic mass is 10.2. The summed E-state index contributed by atoms with van der Waals surface area (Å²) in [6, 6.07) is 12.2. The molecule has 0 atom stereocenters. The zero-order valence-corrected chi connectivity index (χ0v) is 13.3. The number of halogens is 2. The van der Waals surface area contributed by atoms with E-state index in [1.807, 2.05) is 18.2 Å². The summed E-state index contributed by atoms with van der Waals surface area (Å²) in [4.78, 5) is 0. The second-order valence-corrected chi connectivity index (χ2v) is 5.37. The normalized spacial score (nSPS) is 10.6. The molecule has 0 spiro atoms. The van der Waals surface area contributed by atoms with Gasteiger partial charge in [0.15, 0.2) is 11.6 Å². The standard InChI is InChI=1S/C16H17BrFNO2/c1-20-10-9-19-11-12-3-2-4-15(18)16(12)21-14-7-5-13(17)6-8-14/h2-8,19H,9-11H2,1H3. The monoisotopic (exact) mass is 353 g/mol. The first-order chi connectivity index (χ1) is 10.2. The third kappa shape index (κ3) is 4.81. The van der Waals surface area contributed by atoms with Gasteiger partial charge in [-0.3, -0.25) is 0 Å². The summed E-state index contributed by atoms with van der Waals surface area (Å²) in [5.41, 5.74) is 0.772. The molecule has 0 saturated carbocycles. The van der Waals surface area contributed by atoms with Crippen LogP contribution < -0.4 is 10.1 Å². The van der Waals surface area contributed by atoms with Crippen molar-refractivity contribution in [2.75, 3.05) is 20.3 Å². The maximum absolute atomic E-state index is 14.0. The first kappa shape index (κ1) is 15.9. The molecule has 2 rings (SSSR count). The van der Waals surface area contributed by atoms with E-state index in [9.17, 15) is 4.39 Å². The molecular formula is C16H17BrFNO2. The van der Waals surface area contributed by atoms with Crippen molar-refractivity contribution in [3.8, 4) is 11.5 Å². The molecule has 0 aliphatic heterocycles. The van der Waals surface area contributed by atoms with Gasteiger partial charge in [0, 0.05) is 30.2 Å². The van der Waals surface area contributed by atoms with Gasteiger partial charge >= 0.3 is 0 Å². The van der Waals surface area contributed by atoms with Gasteiger partial charge in [0.1, 0.15) is 5.75 Å². The lowest BCUT2D eigenvalue weighted by Gasteiger charge is -2.13. The topological polar surface area (TPSA) is 30.5 Å². The first-order valence-electron chi connectivity index (χ1n) is 6.61. The average molecular weight is 354 g/mol. The molecule has 1 N–H and O–H groups in total. The Labute approximate surface area is 132 Å². The molecule has 0 radical (unpaired) electrons. The van der Waals surface area contributed by atoms with Crippen LogP contribution in [0, 0.1) is 5.82 Å². The highest BCUT2D eigenvalue weighted by Gasteiger charge is 2.10. The maximum Gasteiger partial charge on any atom is 0.167 e. The van der Waals surface area contributed by atoms with E-state index < -0.39 is 0 Å². The van der Waals surface area contributed by atoms with Gasteiger partial charge < -0.3 is 14.8 Å². The van der Waals surface area contributed by atoms with Crippen molar-refractivity contribution in [1.29, 1.82) is 0 Å². The van der Waals surface area contributed by atoms with Gasteiger partial charge in [-0.05, 0) is 30.3 Å². The highest BCUT2D eigenvalue weighted by molar-refractivity contribution is 9.10. The molecule has 2 aromatic rings. The smallest absolute Gasteiger partial charge is 0.167 e. The number of ether oxygens (including phenoxy) is 2. The highest BCUT2D eigenvalue weighted by atomic mass is 79.9. The number of hydrogen-bond acceptors (Lipinski definition) is 3. The largest absolute Gasteiger partial charge is 0.454 e. The molecule has 0 saturated heterocycles. The Bertz CT molecular complexity index is 575. The molecular weight excluding hydrogens is 337 g/mol. The number of hydrogen-bond donors (Lipinski definition) is 1. The minimum absolute atomic E-state index is 0.254. The van der Waals surface area contributed by atoms with Crippen molar-refractivity contribution in [1.82, 2.24) is 5.32 Å².